The zero-order valence-corrected chi connectivity index (χ0v) is 16.1. The molecule has 3 aromatic rings. The van der Waals surface area contributed by atoms with Crippen molar-refractivity contribution in [3.05, 3.63) is 77.6 Å². The highest BCUT2D eigenvalue weighted by atomic mass is 15.1. The van der Waals surface area contributed by atoms with Gasteiger partial charge in [0.15, 0.2) is 0 Å². The summed E-state index contributed by atoms with van der Waals surface area (Å²) in [6.45, 7) is 10.7. The third-order valence-corrected chi connectivity index (χ3v) is 4.82. The van der Waals surface area contributed by atoms with Crippen LogP contribution < -0.4 is 4.90 Å². The van der Waals surface area contributed by atoms with Crippen molar-refractivity contribution >= 4 is 17.6 Å². The highest BCUT2D eigenvalue weighted by Gasteiger charge is 2.09. The molecule has 134 valence electrons. The monoisotopic (exact) mass is 345 g/mol. The van der Waals surface area contributed by atoms with Crippen molar-refractivity contribution in [3.63, 3.8) is 0 Å². The minimum absolute atomic E-state index is 0.977. The third-order valence-electron chi connectivity index (χ3n) is 4.82. The molecule has 0 spiro atoms. The van der Waals surface area contributed by atoms with Gasteiger partial charge < -0.3 is 9.47 Å². The molecule has 0 aliphatic carbocycles. The molecule has 3 heteroatoms. The molecule has 2 aromatic carbocycles. The first-order valence-corrected chi connectivity index (χ1v) is 9.27. The Morgan fingerprint density at radius 2 is 1.58 bits per heavy atom. The first-order valence-electron chi connectivity index (χ1n) is 9.27. The average Bonchev–Trinajstić information content (AvgIpc) is 2.96. The lowest BCUT2D eigenvalue weighted by atomic mass is 10.2. The summed E-state index contributed by atoms with van der Waals surface area (Å²) in [6, 6.07) is 21.1. The maximum Gasteiger partial charge on any atom is 0.0631 e. The Bertz CT molecular complexity index is 870. The molecule has 0 saturated heterocycles. The lowest BCUT2D eigenvalue weighted by Crippen LogP contribution is -2.21. The van der Waals surface area contributed by atoms with Gasteiger partial charge in [-0.3, -0.25) is 4.99 Å². The summed E-state index contributed by atoms with van der Waals surface area (Å²) in [5, 5.41) is 0. The van der Waals surface area contributed by atoms with Crippen molar-refractivity contribution in [2.45, 2.75) is 27.7 Å². The van der Waals surface area contributed by atoms with Gasteiger partial charge in [0.2, 0.25) is 0 Å². The number of aryl methyl sites for hydroxylation is 1. The van der Waals surface area contributed by atoms with Crippen molar-refractivity contribution in [2.75, 3.05) is 18.0 Å². The summed E-state index contributed by atoms with van der Waals surface area (Å²) >= 11 is 0. The quantitative estimate of drug-likeness (QED) is 0.526. The minimum Gasteiger partial charge on any atom is -0.372 e. The highest BCUT2D eigenvalue weighted by molar-refractivity contribution is 5.84. The van der Waals surface area contributed by atoms with Crippen LogP contribution in [0.15, 0.2) is 65.7 Å². The Balaban J connectivity index is 1.83. The van der Waals surface area contributed by atoms with Gasteiger partial charge in [-0.15, -0.1) is 0 Å². The van der Waals surface area contributed by atoms with Gasteiger partial charge in [-0.2, -0.15) is 0 Å². The predicted molar refractivity (Wildman–Crippen MR) is 113 cm³/mol. The second-order valence-electron chi connectivity index (χ2n) is 6.44. The zero-order valence-electron chi connectivity index (χ0n) is 16.1. The van der Waals surface area contributed by atoms with Crippen LogP contribution in [0.25, 0.3) is 5.69 Å². The Labute approximate surface area is 156 Å². The van der Waals surface area contributed by atoms with Crippen LogP contribution in [0, 0.1) is 13.8 Å². The lowest BCUT2D eigenvalue weighted by Gasteiger charge is -2.20. The van der Waals surface area contributed by atoms with E-state index < -0.39 is 0 Å². The van der Waals surface area contributed by atoms with Crippen LogP contribution in [0.5, 0.6) is 0 Å². The molecule has 3 rings (SSSR count). The molecule has 26 heavy (non-hydrogen) atoms. The number of aromatic nitrogens is 1. The maximum absolute atomic E-state index is 4.68. The number of nitrogens with zero attached hydrogens (tertiary/aromatic N) is 3. The SMILES string of the molecule is CCN(CC)c1ccc(N=Cc2cc(C)n(-c3ccccc3)c2C)cc1. The van der Waals surface area contributed by atoms with E-state index in [1.54, 1.807) is 0 Å². The van der Waals surface area contributed by atoms with E-state index in [0.717, 1.165) is 24.3 Å². The minimum atomic E-state index is 0.977. The number of hydrogen-bond donors (Lipinski definition) is 0. The molecule has 0 N–H and O–H groups in total. The molecule has 0 bridgehead atoms. The molecule has 0 amide bonds. The van der Waals surface area contributed by atoms with E-state index in [4.69, 9.17) is 0 Å². The van der Waals surface area contributed by atoms with Gasteiger partial charge in [0, 0.05) is 47.6 Å². The molecule has 0 unspecified atom stereocenters. The normalized spacial score (nSPS) is 11.2. The number of anilines is 1. The standard InChI is InChI=1S/C23H27N3/c1-5-25(6-2)22-14-12-21(13-15-22)24-17-20-16-18(3)26(19(20)4)23-10-8-7-9-11-23/h7-17H,5-6H2,1-4H3. The van der Waals surface area contributed by atoms with E-state index in [1.807, 2.05) is 12.3 Å². The zero-order chi connectivity index (χ0) is 18.5. The Morgan fingerprint density at radius 1 is 0.923 bits per heavy atom. The van der Waals surface area contributed by atoms with E-state index >= 15 is 0 Å². The smallest absolute Gasteiger partial charge is 0.0631 e. The Morgan fingerprint density at radius 3 is 2.19 bits per heavy atom. The molecule has 0 radical (unpaired) electrons. The Hall–Kier alpha value is -2.81. The number of benzene rings is 2. The number of para-hydroxylation sites is 1. The van der Waals surface area contributed by atoms with E-state index in [1.165, 1.54) is 22.8 Å². The van der Waals surface area contributed by atoms with E-state index in [9.17, 15) is 0 Å². The molecule has 0 aliphatic heterocycles. The third kappa shape index (κ3) is 3.72. The first kappa shape index (κ1) is 18.0. The van der Waals surface area contributed by atoms with Crippen LogP contribution in [-0.2, 0) is 0 Å². The topological polar surface area (TPSA) is 20.5 Å². The van der Waals surface area contributed by atoms with Crippen molar-refractivity contribution in [2.24, 2.45) is 4.99 Å². The van der Waals surface area contributed by atoms with E-state index in [0.29, 0.717) is 0 Å². The fraction of sp³-hybridized carbons (Fsp3) is 0.261. The second-order valence-corrected chi connectivity index (χ2v) is 6.44. The van der Waals surface area contributed by atoms with Crippen LogP contribution in [0.2, 0.25) is 0 Å². The van der Waals surface area contributed by atoms with Gasteiger partial charge in [-0.05, 0) is 70.2 Å². The van der Waals surface area contributed by atoms with Crippen LogP contribution >= 0.6 is 0 Å². The predicted octanol–water partition coefficient (Wildman–Crippen LogP) is 5.69. The highest BCUT2D eigenvalue weighted by Crippen LogP contribution is 2.22. The molecule has 0 fully saturated rings. The van der Waals surface area contributed by atoms with Crippen molar-refractivity contribution in [1.29, 1.82) is 0 Å². The second kappa shape index (κ2) is 8.05. The van der Waals surface area contributed by atoms with Crippen LogP contribution in [0.1, 0.15) is 30.8 Å². The van der Waals surface area contributed by atoms with Gasteiger partial charge >= 0.3 is 0 Å². The lowest BCUT2D eigenvalue weighted by molar-refractivity contribution is 0.866. The molecule has 1 aromatic heterocycles. The molecular formula is C23H27N3. The fourth-order valence-electron chi connectivity index (χ4n) is 3.38. The van der Waals surface area contributed by atoms with Crippen LogP contribution in [-0.4, -0.2) is 23.9 Å². The van der Waals surface area contributed by atoms with E-state index in [-0.39, 0.29) is 0 Å². The number of aliphatic imine (C=N–C) groups is 1. The average molecular weight is 345 g/mol. The Kier molecular flexibility index (Phi) is 5.57. The van der Waals surface area contributed by atoms with Crippen LogP contribution in [0.3, 0.4) is 0 Å². The van der Waals surface area contributed by atoms with Crippen molar-refractivity contribution in [3.8, 4) is 5.69 Å². The summed E-state index contributed by atoms with van der Waals surface area (Å²) in [5.41, 5.74) is 6.98. The summed E-state index contributed by atoms with van der Waals surface area (Å²) < 4.78 is 2.27. The number of hydrogen-bond acceptors (Lipinski definition) is 2. The van der Waals surface area contributed by atoms with Crippen molar-refractivity contribution in [1.82, 2.24) is 4.57 Å². The largest absolute Gasteiger partial charge is 0.372 e. The van der Waals surface area contributed by atoms with Crippen molar-refractivity contribution < 1.29 is 0 Å². The molecule has 3 nitrogen and oxygen atoms in total. The van der Waals surface area contributed by atoms with Gasteiger partial charge in [-0.1, -0.05) is 18.2 Å². The van der Waals surface area contributed by atoms with Gasteiger partial charge in [0.25, 0.3) is 0 Å². The van der Waals surface area contributed by atoms with Gasteiger partial charge in [0.05, 0.1) is 5.69 Å². The first-order chi connectivity index (χ1) is 12.6. The molecule has 0 atom stereocenters. The summed E-state index contributed by atoms with van der Waals surface area (Å²) in [5.74, 6) is 0. The van der Waals surface area contributed by atoms with E-state index in [2.05, 4.69) is 96.8 Å². The molecule has 0 saturated carbocycles. The molecular weight excluding hydrogens is 318 g/mol. The fourth-order valence-corrected chi connectivity index (χ4v) is 3.38. The number of rotatable bonds is 6. The summed E-state index contributed by atoms with van der Waals surface area (Å²) in [6.07, 6.45) is 1.97. The van der Waals surface area contributed by atoms with Gasteiger partial charge in [-0.25, -0.2) is 0 Å². The maximum atomic E-state index is 4.68. The molecule has 0 aliphatic rings. The summed E-state index contributed by atoms with van der Waals surface area (Å²) in [4.78, 5) is 7.01. The molecule has 1 heterocycles. The van der Waals surface area contributed by atoms with Gasteiger partial charge in [0.1, 0.15) is 0 Å². The summed E-state index contributed by atoms with van der Waals surface area (Å²) in [7, 11) is 0. The van der Waals surface area contributed by atoms with Crippen LogP contribution in [0.4, 0.5) is 11.4 Å².